The van der Waals surface area contributed by atoms with E-state index < -0.39 is 11.9 Å². The molecule has 0 aliphatic carbocycles. The van der Waals surface area contributed by atoms with Gasteiger partial charge < -0.3 is 25.5 Å². The average Bonchev–Trinajstić information content (AvgIpc) is 3.25. The Hall–Kier alpha value is -4.07. The highest BCUT2D eigenvalue weighted by Crippen LogP contribution is 2.36. The maximum absolute atomic E-state index is 15.9. The number of benzene rings is 3. The Morgan fingerprint density at radius 2 is 1.91 bits per heavy atom. The number of halogens is 1. The lowest BCUT2D eigenvalue weighted by Gasteiger charge is -2.22. The molecule has 0 saturated heterocycles. The summed E-state index contributed by atoms with van der Waals surface area (Å²) in [6.45, 7) is 7.99. The topological polar surface area (TPSA) is 109 Å². The molecule has 0 aliphatic heterocycles. The Morgan fingerprint density at radius 1 is 1.17 bits per heavy atom. The summed E-state index contributed by atoms with van der Waals surface area (Å²) in [5, 5.41) is 11.0. The van der Waals surface area contributed by atoms with E-state index in [1.807, 2.05) is 45.9 Å². The van der Waals surface area contributed by atoms with Gasteiger partial charge in [0.05, 0.1) is 23.7 Å². The van der Waals surface area contributed by atoms with Gasteiger partial charge in [0.2, 0.25) is 0 Å². The second kappa shape index (κ2) is 10.0. The van der Waals surface area contributed by atoms with Crippen LogP contribution >= 0.6 is 0 Å². The van der Waals surface area contributed by atoms with Crippen molar-refractivity contribution >= 4 is 22.6 Å². The van der Waals surface area contributed by atoms with Crippen LogP contribution in [-0.2, 0) is 0 Å². The monoisotopic (exact) mass is 475 g/mol. The molecule has 1 unspecified atom stereocenters. The number of nitrogens with zero attached hydrogens (tertiary/aromatic N) is 1. The molecule has 0 saturated carbocycles. The van der Waals surface area contributed by atoms with Gasteiger partial charge in [0.1, 0.15) is 23.5 Å². The quantitative estimate of drug-likeness (QED) is 0.184. The third kappa shape index (κ3) is 5.21. The summed E-state index contributed by atoms with van der Waals surface area (Å²) in [5.74, 6) is 0.662. The number of hydrogen-bond acceptors (Lipinski definition) is 5. The number of nitrogens with one attached hydrogen (secondary N) is 3. The normalized spacial score (nSPS) is 12.1. The zero-order valence-corrected chi connectivity index (χ0v) is 20.3. The predicted octanol–water partition coefficient (Wildman–Crippen LogP) is 5.68. The number of aryl methyl sites for hydroxylation is 1. The third-order valence-corrected chi connectivity index (χ3v) is 5.54. The molecule has 1 heterocycles. The van der Waals surface area contributed by atoms with Crippen LogP contribution in [0.2, 0.25) is 0 Å². The van der Waals surface area contributed by atoms with Gasteiger partial charge in [-0.25, -0.2) is 9.37 Å². The second-order valence-corrected chi connectivity index (χ2v) is 8.59. The molecule has 182 valence electrons. The van der Waals surface area contributed by atoms with E-state index in [-0.39, 0.29) is 17.7 Å². The standard InChI is InChI=1S/C27H30FN5O2/c1-5-34-19-13-20(23(28)22(14-19)35-15(2)3)25(31-18-11-9-17(10-12-18)26(29)30)27-32-21-8-6-7-16(4)24(21)33-27/h6-15,25,31H,5H2,1-4H3,(H3,29,30)(H,32,33). The minimum Gasteiger partial charge on any atom is -0.494 e. The van der Waals surface area contributed by atoms with E-state index in [1.54, 1.807) is 36.4 Å². The Balaban J connectivity index is 1.87. The summed E-state index contributed by atoms with van der Waals surface area (Å²) >= 11 is 0. The van der Waals surface area contributed by atoms with Crippen LogP contribution in [0.1, 0.15) is 49.3 Å². The van der Waals surface area contributed by atoms with E-state index in [0.29, 0.717) is 35.0 Å². The Morgan fingerprint density at radius 3 is 2.54 bits per heavy atom. The molecule has 0 aliphatic rings. The van der Waals surface area contributed by atoms with Gasteiger partial charge in [0.25, 0.3) is 0 Å². The number of nitrogens with two attached hydrogens (primary N) is 1. The van der Waals surface area contributed by atoms with E-state index in [1.165, 1.54) is 0 Å². The molecule has 7 nitrogen and oxygen atoms in total. The molecular weight excluding hydrogens is 445 g/mol. The number of hydrogen-bond donors (Lipinski definition) is 4. The van der Waals surface area contributed by atoms with Crippen LogP contribution in [0.3, 0.4) is 0 Å². The maximum atomic E-state index is 15.9. The molecule has 0 fully saturated rings. The lowest BCUT2D eigenvalue weighted by atomic mass is 10.0. The minimum atomic E-state index is -0.681. The number of para-hydroxylation sites is 1. The summed E-state index contributed by atoms with van der Waals surface area (Å²) in [4.78, 5) is 8.17. The van der Waals surface area contributed by atoms with Crippen molar-refractivity contribution in [1.82, 2.24) is 9.97 Å². The Kier molecular flexibility index (Phi) is 6.91. The number of ether oxygens (including phenoxy) is 2. The SMILES string of the molecule is CCOc1cc(OC(C)C)c(F)c(C(Nc2ccc(C(=N)N)cc2)c2nc3c(C)cccc3[nH]2)c1. The van der Waals surface area contributed by atoms with E-state index in [9.17, 15) is 0 Å². The molecule has 4 rings (SSSR count). The van der Waals surface area contributed by atoms with Gasteiger partial charge in [0, 0.05) is 22.9 Å². The van der Waals surface area contributed by atoms with Crippen LogP contribution in [0.5, 0.6) is 11.5 Å². The van der Waals surface area contributed by atoms with Crippen LogP contribution in [0.4, 0.5) is 10.1 Å². The van der Waals surface area contributed by atoms with Gasteiger partial charge in [-0.15, -0.1) is 0 Å². The maximum Gasteiger partial charge on any atom is 0.171 e. The molecule has 0 amide bonds. The fourth-order valence-corrected chi connectivity index (χ4v) is 3.93. The summed E-state index contributed by atoms with van der Waals surface area (Å²) < 4.78 is 27.4. The summed E-state index contributed by atoms with van der Waals surface area (Å²) in [7, 11) is 0. The van der Waals surface area contributed by atoms with Crippen molar-refractivity contribution in [2.45, 2.75) is 39.8 Å². The number of nitrogen functional groups attached to an aromatic ring is 1. The Bertz CT molecular complexity index is 1350. The zero-order valence-electron chi connectivity index (χ0n) is 20.3. The molecular formula is C27H30FN5O2. The van der Waals surface area contributed by atoms with Crippen LogP contribution in [0.25, 0.3) is 11.0 Å². The van der Waals surface area contributed by atoms with Gasteiger partial charge >= 0.3 is 0 Å². The van der Waals surface area contributed by atoms with Crippen LogP contribution in [0, 0.1) is 18.2 Å². The molecule has 0 spiro atoms. The number of H-pyrrole nitrogens is 1. The number of rotatable bonds is 9. The smallest absolute Gasteiger partial charge is 0.171 e. The van der Waals surface area contributed by atoms with Crippen LogP contribution < -0.4 is 20.5 Å². The minimum absolute atomic E-state index is 0.0215. The second-order valence-electron chi connectivity index (χ2n) is 8.59. The first-order valence-corrected chi connectivity index (χ1v) is 11.6. The lowest BCUT2D eigenvalue weighted by molar-refractivity contribution is 0.228. The van der Waals surface area contributed by atoms with Gasteiger partial charge in [0.15, 0.2) is 11.6 Å². The van der Waals surface area contributed by atoms with Crippen LogP contribution in [-0.4, -0.2) is 28.5 Å². The van der Waals surface area contributed by atoms with Crippen LogP contribution in [0.15, 0.2) is 54.6 Å². The number of anilines is 1. The first-order valence-electron chi connectivity index (χ1n) is 11.6. The van der Waals surface area contributed by atoms with Crippen molar-refractivity contribution in [2.24, 2.45) is 5.73 Å². The fourth-order valence-electron chi connectivity index (χ4n) is 3.93. The first-order chi connectivity index (χ1) is 16.8. The number of fused-ring (bicyclic) bond motifs is 1. The summed E-state index contributed by atoms with van der Waals surface area (Å²) in [5.41, 5.74) is 9.94. The largest absolute Gasteiger partial charge is 0.494 e. The van der Waals surface area contributed by atoms with Crippen molar-refractivity contribution in [3.63, 3.8) is 0 Å². The fraction of sp³-hybridized carbons (Fsp3) is 0.259. The van der Waals surface area contributed by atoms with E-state index in [4.69, 9.17) is 25.6 Å². The molecule has 4 aromatic rings. The molecule has 1 aromatic heterocycles. The molecule has 0 bridgehead atoms. The molecule has 8 heteroatoms. The molecule has 3 aromatic carbocycles. The number of imidazole rings is 1. The average molecular weight is 476 g/mol. The van der Waals surface area contributed by atoms with Gasteiger partial charge in [-0.2, -0.15) is 0 Å². The van der Waals surface area contributed by atoms with Crippen molar-refractivity contribution in [3.8, 4) is 11.5 Å². The van der Waals surface area contributed by atoms with E-state index >= 15 is 4.39 Å². The van der Waals surface area contributed by atoms with Gasteiger partial charge in [-0.05, 0) is 69.7 Å². The summed E-state index contributed by atoms with van der Waals surface area (Å²) in [6, 6.07) is 15.5. The number of amidine groups is 1. The van der Waals surface area contributed by atoms with E-state index in [0.717, 1.165) is 16.6 Å². The van der Waals surface area contributed by atoms with Crippen molar-refractivity contribution < 1.29 is 13.9 Å². The zero-order chi connectivity index (χ0) is 25.1. The van der Waals surface area contributed by atoms with Crippen molar-refractivity contribution in [3.05, 3.63) is 82.9 Å². The molecule has 35 heavy (non-hydrogen) atoms. The van der Waals surface area contributed by atoms with E-state index in [2.05, 4.69) is 10.3 Å². The first kappa shape index (κ1) is 24.1. The predicted molar refractivity (Wildman–Crippen MR) is 137 cm³/mol. The van der Waals surface area contributed by atoms with Crippen molar-refractivity contribution in [1.29, 1.82) is 5.41 Å². The molecule has 0 radical (unpaired) electrons. The highest BCUT2D eigenvalue weighted by atomic mass is 19.1. The lowest BCUT2D eigenvalue weighted by Crippen LogP contribution is -2.18. The number of aromatic amines is 1. The molecule has 5 N–H and O–H groups in total. The van der Waals surface area contributed by atoms with Gasteiger partial charge in [-0.1, -0.05) is 12.1 Å². The number of aromatic nitrogens is 2. The van der Waals surface area contributed by atoms with Crippen molar-refractivity contribution in [2.75, 3.05) is 11.9 Å². The third-order valence-electron chi connectivity index (χ3n) is 5.54. The highest BCUT2D eigenvalue weighted by molar-refractivity contribution is 5.95. The summed E-state index contributed by atoms with van der Waals surface area (Å²) in [6.07, 6.45) is -0.214. The Labute approximate surface area is 204 Å². The highest BCUT2D eigenvalue weighted by Gasteiger charge is 2.26. The molecule has 1 atom stereocenters. The van der Waals surface area contributed by atoms with Gasteiger partial charge in [-0.3, -0.25) is 5.41 Å².